The monoisotopic (exact) mass is 529 g/mol. The van der Waals surface area contributed by atoms with Crippen LogP contribution in [0.25, 0.3) is 0 Å². The van der Waals surface area contributed by atoms with Crippen LogP contribution in [0.5, 0.6) is 0 Å². The van der Waals surface area contributed by atoms with Gasteiger partial charge in [-0.05, 0) is 60.6 Å². The van der Waals surface area contributed by atoms with E-state index in [2.05, 4.69) is 15.0 Å². The molecule has 1 aliphatic rings. The Hall–Kier alpha value is -3.81. The molecular weight excluding hydrogens is 506 g/mol. The summed E-state index contributed by atoms with van der Waals surface area (Å²) < 4.78 is 53.6. The van der Waals surface area contributed by atoms with Crippen molar-refractivity contribution >= 4 is 37.7 Å². The van der Waals surface area contributed by atoms with Crippen molar-refractivity contribution < 1.29 is 26.4 Å². The molecule has 1 aliphatic heterocycles. The zero-order chi connectivity index (χ0) is 26.1. The molecule has 4 rings (SSSR count). The van der Waals surface area contributed by atoms with Crippen LogP contribution in [0.2, 0.25) is 0 Å². The van der Waals surface area contributed by atoms with Crippen LogP contribution in [0.1, 0.15) is 21.5 Å². The van der Waals surface area contributed by atoms with E-state index in [1.807, 2.05) is 0 Å². The first kappa shape index (κ1) is 25.3. The van der Waals surface area contributed by atoms with Crippen LogP contribution in [-0.4, -0.2) is 52.2 Å². The molecule has 0 radical (unpaired) electrons. The molecule has 3 amide bonds. The average Bonchev–Trinajstić information content (AvgIpc) is 2.89. The number of anilines is 1. The van der Waals surface area contributed by atoms with E-state index in [0.29, 0.717) is 9.87 Å². The minimum atomic E-state index is -4.31. The number of nitrogens with one attached hydrogen (secondary N) is 2. The number of urea groups is 1. The zero-order valence-corrected chi connectivity index (χ0v) is 21.0. The summed E-state index contributed by atoms with van der Waals surface area (Å²) in [4.78, 5) is 30.6. The number of amides is 3. The molecule has 11 nitrogen and oxygen atoms in total. The topological polar surface area (TPSA) is 146 Å². The molecule has 3 aromatic rings. The van der Waals surface area contributed by atoms with Gasteiger partial charge in [0.25, 0.3) is 15.9 Å². The lowest BCUT2D eigenvalue weighted by Gasteiger charge is -2.34. The highest BCUT2D eigenvalue weighted by molar-refractivity contribution is 7.90. The van der Waals surface area contributed by atoms with E-state index < -0.39 is 32.0 Å². The van der Waals surface area contributed by atoms with Crippen LogP contribution in [0.3, 0.4) is 0 Å². The van der Waals surface area contributed by atoms with Crippen LogP contribution in [0.4, 0.5) is 10.5 Å². The van der Waals surface area contributed by atoms with Gasteiger partial charge in [-0.1, -0.05) is 12.1 Å². The molecule has 0 aliphatic carbocycles. The summed E-state index contributed by atoms with van der Waals surface area (Å²) in [6.45, 7) is -0.0851. The molecule has 0 saturated heterocycles. The number of aromatic nitrogens is 1. The van der Waals surface area contributed by atoms with Gasteiger partial charge in [0.2, 0.25) is 10.0 Å². The summed E-state index contributed by atoms with van der Waals surface area (Å²) in [6, 6.07) is 12.4. The molecule has 188 valence electrons. The molecule has 0 spiro atoms. The van der Waals surface area contributed by atoms with Crippen molar-refractivity contribution in [2.24, 2.45) is 0 Å². The molecule has 36 heavy (non-hydrogen) atoms. The maximum Gasteiger partial charge on any atom is 0.338 e. The van der Waals surface area contributed by atoms with Crippen molar-refractivity contribution in [1.82, 2.24) is 19.3 Å². The van der Waals surface area contributed by atoms with E-state index in [1.54, 1.807) is 24.5 Å². The summed E-state index contributed by atoms with van der Waals surface area (Å²) in [6.07, 6.45) is 3.20. The fourth-order valence-electron chi connectivity index (χ4n) is 3.63. The van der Waals surface area contributed by atoms with Crippen molar-refractivity contribution in [1.29, 1.82) is 0 Å². The standard InChI is InChI=1S/C23H23N5O6S2/c1-24-35(31,32)19-6-3-17(4-7-19)15-28-23(30)27(2)20-8-5-18(13-21(20)36(28,33)34)22(29)26-14-16-9-11-25-12-10-16/h3-13,24H,14-15H2,1-2H3,(H,26,29). The van der Waals surface area contributed by atoms with Gasteiger partial charge >= 0.3 is 6.03 Å². The minimum absolute atomic E-state index is 0.00598. The number of pyridine rings is 1. The first-order valence-electron chi connectivity index (χ1n) is 10.7. The molecule has 0 unspecified atom stereocenters. The Labute approximate surface area is 208 Å². The smallest absolute Gasteiger partial charge is 0.338 e. The Morgan fingerprint density at radius 2 is 1.67 bits per heavy atom. The number of hydrogen-bond acceptors (Lipinski definition) is 7. The van der Waals surface area contributed by atoms with Gasteiger partial charge in [0.15, 0.2) is 0 Å². The van der Waals surface area contributed by atoms with Gasteiger partial charge in [0.1, 0.15) is 4.90 Å². The first-order chi connectivity index (χ1) is 17.0. The van der Waals surface area contributed by atoms with Crippen molar-refractivity contribution in [3.63, 3.8) is 0 Å². The molecule has 0 bridgehead atoms. The molecule has 2 N–H and O–H groups in total. The van der Waals surface area contributed by atoms with Crippen molar-refractivity contribution in [2.45, 2.75) is 22.9 Å². The van der Waals surface area contributed by atoms with Crippen LogP contribution in [0, 0.1) is 0 Å². The number of hydrogen-bond donors (Lipinski definition) is 2. The van der Waals surface area contributed by atoms with Gasteiger partial charge in [-0.3, -0.25) is 14.7 Å². The van der Waals surface area contributed by atoms with Crippen LogP contribution >= 0.6 is 0 Å². The minimum Gasteiger partial charge on any atom is -0.348 e. The molecule has 2 heterocycles. The number of rotatable bonds is 7. The molecule has 1 aromatic heterocycles. The number of carbonyl (C=O) groups excluding carboxylic acids is 2. The molecule has 0 atom stereocenters. The van der Waals surface area contributed by atoms with E-state index in [4.69, 9.17) is 0 Å². The van der Waals surface area contributed by atoms with Crippen LogP contribution < -0.4 is 14.9 Å². The van der Waals surface area contributed by atoms with Crippen molar-refractivity contribution in [2.75, 3.05) is 19.0 Å². The maximum absolute atomic E-state index is 13.4. The van der Waals surface area contributed by atoms with E-state index in [-0.39, 0.29) is 34.1 Å². The largest absolute Gasteiger partial charge is 0.348 e. The van der Waals surface area contributed by atoms with E-state index in [9.17, 15) is 26.4 Å². The Kier molecular flexibility index (Phi) is 6.80. The molecule has 13 heteroatoms. The lowest BCUT2D eigenvalue weighted by molar-refractivity contribution is 0.0950. The van der Waals surface area contributed by atoms with Gasteiger partial charge < -0.3 is 5.32 Å². The normalized spacial score (nSPS) is 14.9. The van der Waals surface area contributed by atoms with Crippen molar-refractivity contribution in [3.05, 3.63) is 83.7 Å². The number of benzene rings is 2. The van der Waals surface area contributed by atoms with Gasteiger partial charge in [-0.25, -0.2) is 30.7 Å². The third kappa shape index (κ3) is 4.80. The van der Waals surface area contributed by atoms with E-state index >= 15 is 0 Å². The lowest BCUT2D eigenvalue weighted by Crippen LogP contribution is -2.48. The Morgan fingerprint density at radius 1 is 1.00 bits per heavy atom. The fraction of sp³-hybridized carbons (Fsp3) is 0.174. The highest BCUT2D eigenvalue weighted by atomic mass is 32.2. The Balaban J connectivity index is 1.61. The number of carbonyl (C=O) groups is 2. The van der Waals surface area contributed by atoms with Crippen molar-refractivity contribution in [3.8, 4) is 0 Å². The van der Waals surface area contributed by atoms with E-state index in [1.165, 1.54) is 61.5 Å². The SMILES string of the molecule is CNS(=O)(=O)c1ccc(CN2C(=O)N(C)c3ccc(C(=O)NCc4ccncc4)cc3S2(=O)=O)cc1. The van der Waals surface area contributed by atoms with Crippen LogP contribution in [-0.2, 0) is 33.1 Å². The van der Waals surface area contributed by atoms with Crippen LogP contribution in [0.15, 0.2) is 76.8 Å². The summed E-state index contributed by atoms with van der Waals surface area (Å²) in [5.74, 6) is -0.475. The van der Waals surface area contributed by atoms with Gasteiger partial charge in [0.05, 0.1) is 17.1 Å². The van der Waals surface area contributed by atoms with E-state index in [0.717, 1.165) is 5.56 Å². The summed E-state index contributed by atoms with van der Waals surface area (Å²) >= 11 is 0. The lowest BCUT2D eigenvalue weighted by atomic mass is 10.1. The second kappa shape index (κ2) is 9.68. The predicted molar refractivity (Wildman–Crippen MR) is 131 cm³/mol. The second-order valence-corrected chi connectivity index (χ2v) is 11.6. The summed E-state index contributed by atoms with van der Waals surface area (Å²) in [7, 11) is -5.25. The third-order valence-corrected chi connectivity index (χ3v) is 8.86. The molecule has 0 fully saturated rings. The fourth-order valence-corrected chi connectivity index (χ4v) is 5.99. The highest BCUT2D eigenvalue weighted by Gasteiger charge is 2.40. The molecular formula is C23H23N5O6S2. The first-order valence-corrected chi connectivity index (χ1v) is 13.6. The molecule has 0 saturated carbocycles. The van der Waals surface area contributed by atoms with Gasteiger partial charge in [-0.2, -0.15) is 0 Å². The zero-order valence-electron chi connectivity index (χ0n) is 19.4. The Morgan fingerprint density at radius 3 is 2.31 bits per heavy atom. The van der Waals surface area contributed by atoms with Gasteiger partial charge in [-0.15, -0.1) is 0 Å². The second-order valence-electron chi connectivity index (χ2n) is 7.93. The molecule has 2 aromatic carbocycles. The highest BCUT2D eigenvalue weighted by Crippen LogP contribution is 2.35. The number of nitrogens with zero attached hydrogens (tertiary/aromatic N) is 3. The maximum atomic E-state index is 13.4. The summed E-state index contributed by atoms with van der Waals surface area (Å²) in [5, 5.41) is 2.73. The quantitative estimate of drug-likeness (QED) is 0.473. The third-order valence-electron chi connectivity index (χ3n) is 5.68. The Bertz CT molecular complexity index is 1520. The van der Waals surface area contributed by atoms with Gasteiger partial charge in [0, 0.05) is 31.5 Å². The predicted octanol–water partition coefficient (Wildman–Crippen LogP) is 1.68. The summed E-state index contributed by atoms with van der Waals surface area (Å²) in [5.41, 5.74) is 1.51. The number of fused-ring (bicyclic) bond motifs is 1. The average molecular weight is 530 g/mol. The number of sulfonamides is 2.